The van der Waals surface area contributed by atoms with E-state index in [0.717, 1.165) is 5.56 Å². The van der Waals surface area contributed by atoms with Crippen molar-refractivity contribution in [3.63, 3.8) is 0 Å². The van der Waals surface area contributed by atoms with Crippen LogP contribution in [-0.4, -0.2) is 18.5 Å². The van der Waals surface area contributed by atoms with Crippen LogP contribution < -0.4 is 0 Å². The van der Waals surface area contributed by atoms with Crippen LogP contribution in [0.3, 0.4) is 0 Å². The molecule has 3 heteroatoms. The maximum Gasteiger partial charge on any atom is 0.218 e. The van der Waals surface area contributed by atoms with E-state index in [4.69, 9.17) is 16.3 Å². The van der Waals surface area contributed by atoms with Gasteiger partial charge in [-0.15, -0.1) is 0 Å². The van der Waals surface area contributed by atoms with Gasteiger partial charge in [0.2, 0.25) is 5.90 Å². The van der Waals surface area contributed by atoms with Crippen LogP contribution in [0.2, 0.25) is 5.02 Å². The molecule has 2 rings (SSSR count). The lowest BCUT2D eigenvalue weighted by atomic mass is 10.1. The third-order valence-electron chi connectivity index (χ3n) is 2.55. The van der Waals surface area contributed by atoms with Crippen molar-refractivity contribution >= 4 is 17.5 Å². The van der Waals surface area contributed by atoms with E-state index < -0.39 is 0 Å². The van der Waals surface area contributed by atoms with Gasteiger partial charge in [-0.3, -0.25) is 0 Å². The molecule has 0 bridgehead atoms. The standard InChI is InChI=1S/C12H14ClNO/c1-8(2)11-7-15-12(14-11)9-5-3-4-6-10(9)13/h3-6,8,11H,7H2,1-2H3/t11-/m0/s1. The Bertz CT molecular complexity index is 387. The van der Waals surface area contributed by atoms with E-state index in [9.17, 15) is 0 Å². The Labute approximate surface area is 94.9 Å². The van der Waals surface area contributed by atoms with Crippen LogP contribution in [0.5, 0.6) is 0 Å². The van der Waals surface area contributed by atoms with Crippen molar-refractivity contribution in [3.8, 4) is 0 Å². The number of benzene rings is 1. The van der Waals surface area contributed by atoms with E-state index in [1.165, 1.54) is 0 Å². The molecule has 1 aromatic carbocycles. The molecule has 0 aliphatic carbocycles. The molecule has 0 unspecified atom stereocenters. The molecule has 0 amide bonds. The first kappa shape index (κ1) is 10.5. The monoisotopic (exact) mass is 223 g/mol. The summed E-state index contributed by atoms with van der Waals surface area (Å²) in [6.45, 7) is 4.96. The van der Waals surface area contributed by atoms with Gasteiger partial charge in [-0.25, -0.2) is 4.99 Å². The third-order valence-corrected chi connectivity index (χ3v) is 2.88. The van der Waals surface area contributed by atoms with Crippen molar-refractivity contribution in [2.75, 3.05) is 6.61 Å². The first-order valence-corrected chi connectivity index (χ1v) is 5.52. The van der Waals surface area contributed by atoms with Crippen molar-refractivity contribution in [3.05, 3.63) is 34.9 Å². The largest absolute Gasteiger partial charge is 0.475 e. The summed E-state index contributed by atoms with van der Waals surface area (Å²) in [5, 5.41) is 0.695. The lowest BCUT2D eigenvalue weighted by Crippen LogP contribution is -2.13. The van der Waals surface area contributed by atoms with Gasteiger partial charge in [0.25, 0.3) is 0 Å². The molecule has 0 spiro atoms. The molecular formula is C12H14ClNO. The zero-order valence-electron chi connectivity index (χ0n) is 8.90. The number of hydrogen-bond acceptors (Lipinski definition) is 2. The first-order chi connectivity index (χ1) is 7.18. The van der Waals surface area contributed by atoms with Gasteiger partial charge in [-0.05, 0) is 18.1 Å². The average molecular weight is 224 g/mol. The molecule has 0 radical (unpaired) electrons. The molecule has 15 heavy (non-hydrogen) atoms. The van der Waals surface area contributed by atoms with Gasteiger partial charge >= 0.3 is 0 Å². The highest BCUT2D eigenvalue weighted by Gasteiger charge is 2.23. The van der Waals surface area contributed by atoms with E-state index >= 15 is 0 Å². The molecule has 1 aromatic rings. The SMILES string of the molecule is CC(C)[C@@H]1COC(c2ccccc2Cl)=N1. The Morgan fingerprint density at radius 3 is 2.73 bits per heavy atom. The summed E-state index contributed by atoms with van der Waals surface area (Å²) in [5.74, 6) is 1.18. The van der Waals surface area contributed by atoms with Crippen LogP contribution in [-0.2, 0) is 4.74 Å². The van der Waals surface area contributed by atoms with Crippen molar-refractivity contribution < 1.29 is 4.74 Å². The van der Waals surface area contributed by atoms with E-state index in [0.29, 0.717) is 23.4 Å². The summed E-state index contributed by atoms with van der Waals surface area (Å²) in [7, 11) is 0. The Balaban J connectivity index is 2.27. The van der Waals surface area contributed by atoms with Crippen LogP contribution in [0, 0.1) is 5.92 Å². The fourth-order valence-electron chi connectivity index (χ4n) is 1.51. The molecule has 1 aliphatic heterocycles. The lowest BCUT2D eigenvalue weighted by Gasteiger charge is -2.06. The third kappa shape index (κ3) is 2.15. The number of ether oxygens (including phenoxy) is 1. The molecule has 1 atom stereocenters. The van der Waals surface area contributed by atoms with Crippen molar-refractivity contribution in [2.24, 2.45) is 10.9 Å². The summed E-state index contributed by atoms with van der Waals surface area (Å²) in [6, 6.07) is 7.89. The molecular weight excluding hydrogens is 210 g/mol. The van der Waals surface area contributed by atoms with Crippen LogP contribution in [0.15, 0.2) is 29.3 Å². The molecule has 2 nitrogen and oxygen atoms in total. The summed E-state index contributed by atoms with van der Waals surface area (Å²) in [4.78, 5) is 4.53. The van der Waals surface area contributed by atoms with E-state index in [2.05, 4.69) is 18.8 Å². The Morgan fingerprint density at radius 2 is 2.13 bits per heavy atom. The number of aliphatic imine (C=N–C) groups is 1. The number of halogens is 1. The van der Waals surface area contributed by atoms with Gasteiger partial charge in [0, 0.05) is 0 Å². The van der Waals surface area contributed by atoms with Crippen molar-refractivity contribution in [1.29, 1.82) is 0 Å². The zero-order valence-corrected chi connectivity index (χ0v) is 9.66. The second-order valence-corrected chi connectivity index (χ2v) is 4.44. The summed E-state index contributed by atoms with van der Waals surface area (Å²) >= 11 is 6.07. The minimum absolute atomic E-state index is 0.260. The number of rotatable bonds is 2. The van der Waals surface area contributed by atoms with E-state index in [-0.39, 0.29) is 6.04 Å². The van der Waals surface area contributed by atoms with Crippen LogP contribution in [0.1, 0.15) is 19.4 Å². The fourth-order valence-corrected chi connectivity index (χ4v) is 1.73. The average Bonchev–Trinajstić information content (AvgIpc) is 2.67. The van der Waals surface area contributed by atoms with Crippen LogP contribution >= 0.6 is 11.6 Å². The fraction of sp³-hybridized carbons (Fsp3) is 0.417. The molecule has 80 valence electrons. The highest BCUT2D eigenvalue weighted by molar-refractivity contribution is 6.33. The van der Waals surface area contributed by atoms with Gasteiger partial charge < -0.3 is 4.74 Å². The summed E-state index contributed by atoms with van der Waals surface area (Å²) < 4.78 is 5.56. The molecule has 0 saturated heterocycles. The molecule has 0 aromatic heterocycles. The Morgan fingerprint density at radius 1 is 1.40 bits per heavy atom. The predicted molar refractivity (Wildman–Crippen MR) is 62.6 cm³/mol. The van der Waals surface area contributed by atoms with Gasteiger partial charge in [-0.2, -0.15) is 0 Å². The molecule has 0 saturated carbocycles. The topological polar surface area (TPSA) is 21.6 Å². The Kier molecular flexibility index (Phi) is 2.96. The molecule has 0 fully saturated rings. The van der Waals surface area contributed by atoms with Crippen molar-refractivity contribution in [2.45, 2.75) is 19.9 Å². The second-order valence-electron chi connectivity index (χ2n) is 4.04. The lowest BCUT2D eigenvalue weighted by molar-refractivity contribution is 0.292. The van der Waals surface area contributed by atoms with E-state index in [1.54, 1.807) is 0 Å². The quantitative estimate of drug-likeness (QED) is 0.755. The van der Waals surface area contributed by atoms with Crippen LogP contribution in [0.4, 0.5) is 0 Å². The smallest absolute Gasteiger partial charge is 0.218 e. The summed E-state index contributed by atoms with van der Waals surface area (Å²) in [6.07, 6.45) is 0. The maximum atomic E-state index is 6.07. The normalized spacial score (nSPS) is 20.3. The minimum atomic E-state index is 0.260. The maximum absolute atomic E-state index is 6.07. The molecule has 0 N–H and O–H groups in total. The first-order valence-electron chi connectivity index (χ1n) is 5.14. The van der Waals surface area contributed by atoms with Crippen molar-refractivity contribution in [1.82, 2.24) is 0 Å². The van der Waals surface area contributed by atoms with Crippen LogP contribution in [0.25, 0.3) is 0 Å². The van der Waals surface area contributed by atoms with Gasteiger partial charge in [0.15, 0.2) is 0 Å². The van der Waals surface area contributed by atoms with Gasteiger partial charge in [0.05, 0.1) is 16.6 Å². The second kappa shape index (κ2) is 4.23. The molecule has 1 heterocycles. The highest BCUT2D eigenvalue weighted by Crippen LogP contribution is 2.22. The number of hydrogen-bond donors (Lipinski definition) is 0. The van der Waals surface area contributed by atoms with Gasteiger partial charge in [0.1, 0.15) is 6.61 Å². The predicted octanol–water partition coefficient (Wildman–Crippen LogP) is 3.14. The highest BCUT2D eigenvalue weighted by atomic mass is 35.5. The summed E-state index contributed by atoms with van der Waals surface area (Å²) in [5.41, 5.74) is 0.891. The number of nitrogens with zero attached hydrogens (tertiary/aromatic N) is 1. The molecule has 1 aliphatic rings. The minimum Gasteiger partial charge on any atom is -0.475 e. The Hall–Kier alpha value is -1.02. The van der Waals surface area contributed by atoms with E-state index in [1.807, 2.05) is 24.3 Å². The van der Waals surface area contributed by atoms with Gasteiger partial charge in [-0.1, -0.05) is 37.6 Å². The zero-order chi connectivity index (χ0) is 10.8.